The Morgan fingerprint density at radius 3 is 1.74 bits per heavy atom. The zero-order valence-electron chi connectivity index (χ0n) is 26.5. The van der Waals surface area contributed by atoms with Crippen LogP contribution in [0.25, 0.3) is 0 Å². The van der Waals surface area contributed by atoms with E-state index in [1.165, 1.54) is 4.90 Å². The van der Waals surface area contributed by atoms with Gasteiger partial charge in [-0.3, -0.25) is 14.5 Å². The van der Waals surface area contributed by atoms with Gasteiger partial charge in [-0.05, 0) is 46.0 Å². The number of anilines is 2. The van der Waals surface area contributed by atoms with E-state index in [2.05, 4.69) is 106 Å². The predicted octanol–water partition coefficient (Wildman–Crippen LogP) is 8.33. The molecule has 7 heteroatoms. The van der Waals surface area contributed by atoms with E-state index >= 15 is 0 Å². The largest absolute Gasteiger partial charge is 0.406 e. The molecule has 5 aromatic carbocycles. The lowest BCUT2D eigenvalue weighted by Gasteiger charge is -2.41. The van der Waals surface area contributed by atoms with Crippen molar-refractivity contribution in [3.8, 4) is 0 Å². The summed E-state index contributed by atoms with van der Waals surface area (Å²) in [6, 6.07) is 40.8. The molecule has 5 nitrogen and oxygen atoms in total. The van der Waals surface area contributed by atoms with Crippen molar-refractivity contribution in [1.82, 2.24) is 4.90 Å². The van der Waals surface area contributed by atoms with Gasteiger partial charge in [-0.25, -0.2) is 0 Å². The summed E-state index contributed by atoms with van der Waals surface area (Å²) in [6.07, 6.45) is 0. The predicted molar refractivity (Wildman–Crippen MR) is 188 cm³/mol. The Hall–Kier alpha value is -4.43. The van der Waals surface area contributed by atoms with Gasteiger partial charge in [-0.2, -0.15) is 0 Å². The van der Waals surface area contributed by atoms with Crippen LogP contribution < -0.4 is 4.90 Å². The van der Waals surface area contributed by atoms with Crippen LogP contribution in [0.1, 0.15) is 63.7 Å². The van der Waals surface area contributed by atoms with Crippen molar-refractivity contribution in [1.29, 1.82) is 0 Å². The summed E-state index contributed by atoms with van der Waals surface area (Å²) in [5.74, 6) is -0.498. The van der Waals surface area contributed by atoms with E-state index in [4.69, 9.17) is 4.43 Å². The summed E-state index contributed by atoms with van der Waals surface area (Å²) in [4.78, 5) is 32.5. The number of nitrogens with zero attached hydrogens (tertiary/aromatic N) is 2. The first-order valence-electron chi connectivity index (χ1n) is 15.6. The van der Waals surface area contributed by atoms with Crippen LogP contribution >= 0.6 is 11.8 Å². The molecule has 0 atom stereocenters. The van der Waals surface area contributed by atoms with Crippen molar-refractivity contribution >= 4 is 44.7 Å². The molecular weight excluding hydrogens is 605 g/mol. The summed E-state index contributed by atoms with van der Waals surface area (Å²) in [6.45, 7) is 6.96. The normalized spacial score (nSPS) is 14.5. The molecule has 2 heterocycles. The van der Waals surface area contributed by atoms with Crippen molar-refractivity contribution in [2.24, 2.45) is 0 Å². The molecule has 0 aromatic heterocycles. The average Bonchev–Trinajstić information content (AvgIpc) is 3.31. The maximum Gasteiger partial charge on any atom is 0.261 e. The molecule has 5 aromatic rings. The van der Waals surface area contributed by atoms with Gasteiger partial charge in [-0.15, -0.1) is 0 Å². The Labute approximate surface area is 277 Å². The summed E-state index contributed by atoms with van der Waals surface area (Å²) in [5.41, 5.74) is 6.39. The van der Waals surface area contributed by atoms with Crippen LogP contribution in [0.4, 0.5) is 11.4 Å². The van der Waals surface area contributed by atoms with E-state index in [-0.39, 0.29) is 23.4 Å². The van der Waals surface area contributed by atoms with Crippen LogP contribution in [0.5, 0.6) is 0 Å². The minimum absolute atomic E-state index is 0.0553. The third-order valence-electron chi connectivity index (χ3n) is 8.67. The monoisotopic (exact) mass is 640 g/mol. The van der Waals surface area contributed by atoms with E-state index in [1.807, 2.05) is 24.3 Å². The fourth-order valence-corrected chi connectivity index (χ4v) is 8.98. The number of rotatable bonds is 7. The summed E-state index contributed by atoms with van der Waals surface area (Å²) in [7, 11) is 1.04. The molecule has 46 heavy (non-hydrogen) atoms. The Kier molecular flexibility index (Phi) is 7.71. The Morgan fingerprint density at radius 1 is 0.652 bits per heavy atom. The second-order valence-electron chi connectivity index (χ2n) is 13.1. The standard InChI is InChI=1S/C39H36N2O3SSi/c1-38(2,3)46-44-39(27-16-7-5-8-17-27,28-18-9-6-10-19-28)31-22-14-24-33-35(31)45-34-26(15-13-23-32(34)40(33)4)25-41-36(42)29-20-11-12-21-30(29)37(41)43/h5-24H,25,46H2,1-4H3. The quantitative estimate of drug-likeness (QED) is 0.102. The number of hydrogen-bond donors (Lipinski definition) is 0. The van der Waals surface area contributed by atoms with Crippen LogP contribution in [0.3, 0.4) is 0 Å². The molecule has 2 aliphatic heterocycles. The van der Waals surface area contributed by atoms with Gasteiger partial charge in [0, 0.05) is 22.4 Å². The Morgan fingerprint density at radius 2 is 1.17 bits per heavy atom. The lowest BCUT2D eigenvalue weighted by Crippen LogP contribution is -2.37. The first-order valence-corrected chi connectivity index (χ1v) is 17.7. The van der Waals surface area contributed by atoms with Crippen LogP contribution in [0.2, 0.25) is 5.04 Å². The van der Waals surface area contributed by atoms with Gasteiger partial charge in [0.1, 0.15) is 5.60 Å². The van der Waals surface area contributed by atoms with Gasteiger partial charge in [0.05, 0.1) is 29.0 Å². The van der Waals surface area contributed by atoms with E-state index in [1.54, 1.807) is 36.0 Å². The Balaban J connectivity index is 1.39. The lowest BCUT2D eigenvalue weighted by atomic mass is 9.80. The molecule has 0 spiro atoms. The smallest absolute Gasteiger partial charge is 0.261 e. The number of imide groups is 1. The van der Waals surface area contributed by atoms with Gasteiger partial charge in [0.15, 0.2) is 9.76 Å². The lowest BCUT2D eigenvalue weighted by molar-refractivity contribution is 0.0641. The van der Waals surface area contributed by atoms with Gasteiger partial charge in [-0.1, -0.05) is 130 Å². The maximum atomic E-state index is 13.4. The Bertz CT molecular complexity index is 1880. The van der Waals surface area contributed by atoms with Crippen molar-refractivity contribution in [2.75, 3.05) is 11.9 Å². The molecule has 0 unspecified atom stereocenters. The molecule has 0 fully saturated rings. The minimum atomic E-state index is -1.05. The van der Waals surface area contributed by atoms with E-state index in [0.717, 1.165) is 43.4 Å². The van der Waals surface area contributed by atoms with Crippen LogP contribution in [-0.2, 0) is 16.6 Å². The molecule has 0 bridgehead atoms. The molecular formula is C39H36N2O3SSi. The van der Waals surface area contributed by atoms with Crippen molar-refractivity contribution in [3.05, 3.63) is 155 Å². The van der Waals surface area contributed by atoms with Gasteiger partial charge in [0.25, 0.3) is 11.8 Å². The van der Waals surface area contributed by atoms with Gasteiger partial charge in [0.2, 0.25) is 0 Å². The molecule has 7 rings (SSSR count). The number of benzene rings is 5. The number of hydrogen-bond acceptors (Lipinski definition) is 5. The fourth-order valence-electron chi connectivity index (χ4n) is 6.43. The maximum absolute atomic E-state index is 13.4. The molecule has 0 radical (unpaired) electrons. The van der Waals surface area contributed by atoms with Crippen molar-refractivity contribution in [2.45, 2.75) is 47.7 Å². The summed E-state index contributed by atoms with van der Waals surface area (Å²) < 4.78 is 7.35. The third-order valence-corrected chi connectivity index (χ3v) is 11.4. The highest BCUT2D eigenvalue weighted by atomic mass is 32.2. The topological polar surface area (TPSA) is 49.9 Å². The number of fused-ring (bicyclic) bond motifs is 3. The van der Waals surface area contributed by atoms with Crippen molar-refractivity contribution in [3.63, 3.8) is 0 Å². The van der Waals surface area contributed by atoms with Gasteiger partial charge < -0.3 is 9.33 Å². The highest BCUT2D eigenvalue weighted by Crippen LogP contribution is 2.55. The average molecular weight is 641 g/mol. The highest BCUT2D eigenvalue weighted by molar-refractivity contribution is 7.99. The molecule has 0 aliphatic carbocycles. The number of carbonyl (C=O) groups is 2. The third kappa shape index (κ3) is 5.09. The summed E-state index contributed by atoms with van der Waals surface area (Å²) >= 11 is 1.70. The first kappa shape index (κ1) is 30.2. The van der Waals surface area contributed by atoms with Gasteiger partial charge >= 0.3 is 0 Å². The first-order chi connectivity index (χ1) is 22.2. The van der Waals surface area contributed by atoms with E-state index in [0.29, 0.717) is 11.1 Å². The zero-order chi connectivity index (χ0) is 32.1. The fraction of sp³-hybridized carbons (Fsp3) is 0.179. The number of amides is 2. The molecule has 2 amide bonds. The SMILES string of the molecule is CN1c2cccc(CN3C(=O)c4ccccc4C3=O)c2Sc2c1cccc2C(O[SiH2]C(C)(C)C)(c1ccccc1)c1ccccc1. The molecule has 0 saturated carbocycles. The van der Waals surface area contributed by atoms with Crippen LogP contribution in [0, 0.1) is 0 Å². The zero-order valence-corrected chi connectivity index (χ0v) is 28.7. The highest BCUT2D eigenvalue weighted by Gasteiger charge is 2.42. The second kappa shape index (κ2) is 11.7. The van der Waals surface area contributed by atoms with Crippen molar-refractivity contribution < 1.29 is 14.0 Å². The molecule has 0 N–H and O–H groups in total. The molecule has 0 saturated heterocycles. The molecule has 2 aliphatic rings. The van der Waals surface area contributed by atoms with E-state index in [9.17, 15) is 9.59 Å². The minimum Gasteiger partial charge on any atom is -0.406 e. The van der Waals surface area contributed by atoms with Crippen LogP contribution in [0.15, 0.2) is 131 Å². The second-order valence-corrected chi connectivity index (χ2v) is 16.8. The number of carbonyl (C=O) groups excluding carboxylic acids is 2. The van der Waals surface area contributed by atoms with Crippen LogP contribution in [-0.4, -0.2) is 33.5 Å². The summed E-state index contributed by atoms with van der Waals surface area (Å²) in [5, 5.41) is 0.0553. The van der Waals surface area contributed by atoms with E-state index < -0.39 is 15.4 Å². The molecule has 230 valence electrons.